The number of sulfonamides is 1. The summed E-state index contributed by atoms with van der Waals surface area (Å²) in [5, 5.41) is 0. The van der Waals surface area contributed by atoms with Crippen LogP contribution in [0.5, 0.6) is 0 Å². The van der Waals surface area contributed by atoms with E-state index in [0.717, 1.165) is 5.56 Å². The van der Waals surface area contributed by atoms with Gasteiger partial charge in [0.2, 0.25) is 5.91 Å². The first kappa shape index (κ1) is 18.8. The molecule has 0 saturated heterocycles. The van der Waals surface area contributed by atoms with Crippen LogP contribution in [0.3, 0.4) is 0 Å². The summed E-state index contributed by atoms with van der Waals surface area (Å²) in [7, 11) is -3.97. The van der Waals surface area contributed by atoms with E-state index in [1.807, 2.05) is 13.8 Å². The van der Waals surface area contributed by atoms with Crippen molar-refractivity contribution in [2.24, 2.45) is 0 Å². The van der Waals surface area contributed by atoms with Gasteiger partial charge in [-0.1, -0.05) is 29.8 Å². The molecule has 1 N–H and O–H groups in total. The highest BCUT2D eigenvalue weighted by molar-refractivity contribution is 9.10. The fourth-order valence-corrected chi connectivity index (χ4v) is 4.51. The SMILES string of the molecule is CC(=O)N1CC(C)(C)c2cc(S(=O)(=O)Nc3ccc(Br)cc3F)ccc21. The van der Waals surface area contributed by atoms with Crippen LogP contribution in [0, 0.1) is 5.82 Å². The molecule has 5 nitrogen and oxygen atoms in total. The standard InChI is InChI=1S/C18H18BrFN2O3S/c1-11(23)22-10-18(2,3)14-9-13(5-7-17(14)22)26(24,25)21-16-6-4-12(19)8-15(16)20/h4-9,21H,10H2,1-3H3. The minimum Gasteiger partial charge on any atom is -0.311 e. The highest BCUT2D eigenvalue weighted by atomic mass is 79.9. The van der Waals surface area contributed by atoms with Gasteiger partial charge in [0, 0.05) is 29.0 Å². The molecular weight excluding hydrogens is 423 g/mol. The third kappa shape index (κ3) is 3.35. The summed E-state index contributed by atoms with van der Waals surface area (Å²) >= 11 is 3.13. The van der Waals surface area contributed by atoms with Crippen LogP contribution in [0.4, 0.5) is 15.8 Å². The molecule has 1 aliphatic heterocycles. The summed E-state index contributed by atoms with van der Waals surface area (Å²) in [6.45, 7) is 5.86. The van der Waals surface area contributed by atoms with Gasteiger partial charge in [-0.3, -0.25) is 9.52 Å². The van der Waals surface area contributed by atoms with Crippen LogP contribution in [-0.2, 0) is 20.2 Å². The second kappa shape index (κ2) is 6.35. The number of hydrogen-bond donors (Lipinski definition) is 1. The molecule has 0 aliphatic carbocycles. The summed E-state index contributed by atoms with van der Waals surface area (Å²) in [5.41, 5.74) is 0.969. The molecular formula is C18H18BrFN2O3S. The second-order valence-corrected chi connectivity index (χ2v) is 9.50. The van der Waals surface area contributed by atoms with Crippen molar-refractivity contribution in [3.05, 3.63) is 52.3 Å². The minimum atomic E-state index is -3.97. The number of nitrogens with one attached hydrogen (secondary N) is 1. The molecule has 26 heavy (non-hydrogen) atoms. The number of hydrogen-bond acceptors (Lipinski definition) is 3. The largest absolute Gasteiger partial charge is 0.311 e. The van der Waals surface area contributed by atoms with Crippen molar-refractivity contribution in [2.75, 3.05) is 16.2 Å². The van der Waals surface area contributed by atoms with Crippen LogP contribution in [-0.4, -0.2) is 20.9 Å². The van der Waals surface area contributed by atoms with Crippen molar-refractivity contribution in [1.29, 1.82) is 0 Å². The molecule has 1 heterocycles. The number of carbonyl (C=O) groups excluding carboxylic acids is 1. The summed E-state index contributed by atoms with van der Waals surface area (Å²) in [4.78, 5) is 13.5. The summed E-state index contributed by atoms with van der Waals surface area (Å²) in [6.07, 6.45) is 0. The molecule has 0 fully saturated rings. The molecule has 3 rings (SSSR count). The Morgan fingerprint density at radius 3 is 2.54 bits per heavy atom. The Morgan fingerprint density at radius 2 is 1.92 bits per heavy atom. The molecule has 0 bridgehead atoms. The molecule has 0 atom stereocenters. The monoisotopic (exact) mass is 440 g/mol. The number of anilines is 2. The van der Waals surface area contributed by atoms with Crippen LogP contribution < -0.4 is 9.62 Å². The maximum Gasteiger partial charge on any atom is 0.261 e. The van der Waals surface area contributed by atoms with Gasteiger partial charge in [-0.05, 0) is 42.0 Å². The molecule has 2 aromatic carbocycles. The lowest BCUT2D eigenvalue weighted by Gasteiger charge is -2.19. The van der Waals surface area contributed by atoms with Gasteiger partial charge in [0.15, 0.2) is 0 Å². The topological polar surface area (TPSA) is 66.5 Å². The smallest absolute Gasteiger partial charge is 0.261 e. The van der Waals surface area contributed by atoms with Crippen molar-refractivity contribution in [2.45, 2.75) is 31.1 Å². The molecule has 8 heteroatoms. The summed E-state index contributed by atoms with van der Waals surface area (Å²) in [6, 6.07) is 8.70. The summed E-state index contributed by atoms with van der Waals surface area (Å²) in [5.74, 6) is -0.769. The Kier molecular flexibility index (Phi) is 4.60. The van der Waals surface area contributed by atoms with Gasteiger partial charge >= 0.3 is 0 Å². The first-order chi connectivity index (χ1) is 12.0. The van der Waals surface area contributed by atoms with E-state index in [1.165, 1.54) is 25.1 Å². The van der Waals surface area contributed by atoms with E-state index in [4.69, 9.17) is 0 Å². The lowest BCUT2D eigenvalue weighted by Crippen LogP contribution is -2.31. The van der Waals surface area contributed by atoms with Gasteiger partial charge in [-0.25, -0.2) is 12.8 Å². The Balaban J connectivity index is 2.01. The van der Waals surface area contributed by atoms with Crippen LogP contribution in [0.15, 0.2) is 45.8 Å². The normalized spacial score (nSPS) is 15.7. The molecule has 0 radical (unpaired) electrons. The average Bonchev–Trinajstić information content (AvgIpc) is 2.81. The van der Waals surface area contributed by atoms with E-state index < -0.39 is 15.8 Å². The lowest BCUT2D eigenvalue weighted by molar-refractivity contribution is -0.116. The molecule has 0 unspecified atom stereocenters. The number of halogens is 2. The fraction of sp³-hybridized carbons (Fsp3) is 0.278. The van der Waals surface area contributed by atoms with E-state index >= 15 is 0 Å². The second-order valence-electron chi connectivity index (χ2n) is 6.90. The highest BCUT2D eigenvalue weighted by Gasteiger charge is 2.37. The maximum absolute atomic E-state index is 14.0. The summed E-state index contributed by atoms with van der Waals surface area (Å²) < 4.78 is 42.2. The molecule has 138 valence electrons. The molecule has 0 aromatic heterocycles. The zero-order valence-electron chi connectivity index (χ0n) is 14.5. The number of fused-ring (bicyclic) bond motifs is 1. The molecule has 1 amide bonds. The predicted molar refractivity (Wildman–Crippen MR) is 102 cm³/mol. The van der Waals surface area contributed by atoms with Gasteiger partial charge in [-0.2, -0.15) is 0 Å². The fourth-order valence-electron chi connectivity index (χ4n) is 3.08. The third-order valence-electron chi connectivity index (χ3n) is 4.41. The molecule has 2 aromatic rings. The van der Waals surface area contributed by atoms with E-state index in [9.17, 15) is 17.6 Å². The third-order valence-corrected chi connectivity index (χ3v) is 6.26. The number of amides is 1. The van der Waals surface area contributed by atoms with Crippen molar-refractivity contribution in [3.63, 3.8) is 0 Å². The van der Waals surface area contributed by atoms with E-state index in [0.29, 0.717) is 16.7 Å². The van der Waals surface area contributed by atoms with Crippen molar-refractivity contribution in [1.82, 2.24) is 0 Å². The Hall–Kier alpha value is -1.93. The Bertz CT molecular complexity index is 1010. The van der Waals surface area contributed by atoms with Crippen molar-refractivity contribution >= 4 is 43.2 Å². The first-order valence-electron chi connectivity index (χ1n) is 7.92. The Morgan fingerprint density at radius 1 is 1.23 bits per heavy atom. The van der Waals surface area contributed by atoms with Crippen LogP contribution >= 0.6 is 15.9 Å². The maximum atomic E-state index is 14.0. The number of carbonyl (C=O) groups is 1. The van der Waals surface area contributed by atoms with Gasteiger partial charge < -0.3 is 4.90 Å². The molecule has 0 spiro atoms. The van der Waals surface area contributed by atoms with Crippen LogP contribution in [0.1, 0.15) is 26.3 Å². The van der Waals surface area contributed by atoms with Crippen molar-refractivity contribution < 1.29 is 17.6 Å². The minimum absolute atomic E-state index is 0.0250. The van der Waals surface area contributed by atoms with E-state index in [2.05, 4.69) is 20.7 Å². The molecule has 0 saturated carbocycles. The van der Waals surface area contributed by atoms with Crippen LogP contribution in [0.2, 0.25) is 0 Å². The van der Waals surface area contributed by atoms with Gasteiger partial charge in [-0.15, -0.1) is 0 Å². The van der Waals surface area contributed by atoms with Gasteiger partial charge in [0.05, 0.1) is 10.6 Å². The Labute approximate surface area is 160 Å². The first-order valence-corrected chi connectivity index (χ1v) is 10.2. The van der Waals surface area contributed by atoms with Crippen LogP contribution in [0.25, 0.3) is 0 Å². The number of rotatable bonds is 3. The van der Waals surface area contributed by atoms with Crippen molar-refractivity contribution in [3.8, 4) is 0 Å². The van der Waals surface area contributed by atoms with Gasteiger partial charge in [0.25, 0.3) is 10.0 Å². The number of benzene rings is 2. The average molecular weight is 441 g/mol. The lowest BCUT2D eigenvalue weighted by atomic mass is 9.87. The molecule has 1 aliphatic rings. The number of nitrogens with zero attached hydrogens (tertiary/aromatic N) is 1. The predicted octanol–water partition coefficient (Wildman–Crippen LogP) is 4.03. The van der Waals surface area contributed by atoms with E-state index in [1.54, 1.807) is 23.1 Å². The quantitative estimate of drug-likeness (QED) is 0.782. The van der Waals surface area contributed by atoms with E-state index in [-0.39, 0.29) is 21.9 Å². The van der Waals surface area contributed by atoms with Gasteiger partial charge in [0.1, 0.15) is 5.82 Å². The highest BCUT2D eigenvalue weighted by Crippen LogP contribution is 2.41. The zero-order chi connectivity index (χ0) is 19.3. The zero-order valence-corrected chi connectivity index (χ0v) is 16.9.